The fourth-order valence-corrected chi connectivity index (χ4v) is 2.58. The molecule has 0 saturated heterocycles. The third kappa shape index (κ3) is 3.60. The number of aliphatic hydroxyl groups is 1. The number of phenolic OH excluding ortho intramolecular Hbond substituents is 1. The maximum absolute atomic E-state index is 9.84. The van der Waals surface area contributed by atoms with Gasteiger partial charge in [-0.25, -0.2) is 0 Å². The van der Waals surface area contributed by atoms with Crippen LogP contribution in [0.2, 0.25) is 0 Å². The van der Waals surface area contributed by atoms with Crippen LogP contribution in [-0.2, 0) is 6.42 Å². The first kappa shape index (κ1) is 16.1. The van der Waals surface area contributed by atoms with Crippen molar-refractivity contribution in [1.29, 1.82) is 0 Å². The molecular formula is C18H20N2O4. The average molecular weight is 328 g/mol. The van der Waals surface area contributed by atoms with Crippen molar-refractivity contribution in [3.05, 3.63) is 48.0 Å². The van der Waals surface area contributed by atoms with E-state index in [0.29, 0.717) is 24.7 Å². The predicted octanol–water partition coefficient (Wildman–Crippen LogP) is 2.81. The largest absolute Gasteiger partial charge is 0.504 e. The number of para-hydroxylation sites is 2. The van der Waals surface area contributed by atoms with E-state index in [-0.39, 0.29) is 18.3 Å². The number of anilines is 1. The lowest BCUT2D eigenvalue weighted by Gasteiger charge is -2.15. The molecule has 24 heavy (non-hydrogen) atoms. The van der Waals surface area contributed by atoms with Gasteiger partial charge in [0.2, 0.25) is 0 Å². The number of hydrogen-bond acceptors (Lipinski definition) is 6. The standard InChI is InChI=1S/C18H20N2O4/c1-23-17-7-6-12(9-15(17)22)8-13(11-21)10-19-18-20-14-4-2-3-5-16(14)24-18/h2-7,9,13,21-22H,8,10-11H2,1H3,(H,19,20)/t13-/m0/s1. The van der Waals surface area contributed by atoms with Crippen molar-refractivity contribution in [2.24, 2.45) is 5.92 Å². The summed E-state index contributed by atoms with van der Waals surface area (Å²) in [6.45, 7) is 0.524. The fraction of sp³-hybridized carbons (Fsp3) is 0.278. The number of oxazole rings is 1. The lowest BCUT2D eigenvalue weighted by molar-refractivity contribution is 0.232. The van der Waals surface area contributed by atoms with E-state index in [1.807, 2.05) is 30.3 Å². The normalized spacial score (nSPS) is 12.2. The monoisotopic (exact) mass is 328 g/mol. The quantitative estimate of drug-likeness (QED) is 0.618. The molecule has 0 spiro atoms. The van der Waals surface area contributed by atoms with Crippen molar-refractivity contribution in [3.8, 4) is 11.5 Å². The Hall–Kier alpha value is -2.73. The van der Waals surface area contributed by atoms with Crippen molar-refractivity contribution < 1.29 is 19.4 Å². The molecule has 126 valence electrons. The first-order chi connectivity index (χ1) is 11.7. The van der Waals surface area contributed by atoms with Crippen LogP contribution in [-0.4, -0.2) is 35.5 Å². The Morgan fingerprint density at radius 2 is 2.08 bits per heavy atom. The van der Waals surface area contributed by atoms with Crippen molar-refractivity contribution in [3.63, 3.8) is 0 Å². The molecule has 6 heteroatoms. The lowest BCUT2D eigenvalue weighted by atomic mass is 9.99. The molecular weight excluding hydrogens is 308 g/mol. The van der Waals surface area contributed by atoms with Gasteiger partial charge in [0.25, 0.3) is 6.01 Å². The Kier molecular flexibility index (Phi) is 4.86. The Labute approximate surface area is 139 Å². The average Bonchev–Trinajstić information content (AvgIpc) is 3.01. The number of fused-ring (bicyclic) bond motifs is 1. The van der Waals surface area contributed by atoms with Gasteiger partial charge in [0.1, 0.15) is 5.52 Å². The highest BCUT2D eigenvalue weighted by Gasteiger charge is 2.12. The van der Waals surface area contributed by atoms with Gasteiger partial charge in [0.05, 0.1) is 7.11 Å². The van der Waals surface area contributed by atoms with Crippen LogP contribution in [0.25, 0.3) is 11.1 Å². The zero-order valence-electron chi connectivity index (χ0n) is 13.4. The lowest BCUT2D eigenvalue weighted by Crippen LogP contribution is -2.20. The number of nitrogens with zero attached hydrogens (tertiary/aromatic N) is 1. The van der Waals surface area contributed by atoms with E-state index in [2.05, 4.69) is 10.3 Å². The van der Waals surface area contributed by atoms with Crippen LogP contribution in [0.1, 0.15) is 5.56 Å². The van der Waals surface area contributed by atoms with E-state index in [9.17, 15) is 10.2 Å². The van der Waals surface area contributed by atoms with Crippen LogP contribution in [0, 0.1) is 5.92 Å². The number of nitrogens with one attached hydrogen (secondary N) is 1. The maximum atomic E-state index is 9.84. The molecule has 6 nitrogen and oxygen atoms in total. The Bertz CT molecular complexity index is 783. The van der Waals surface area contributed by atoms with Crippen LogP contribution in [0.3, 0.4) is 0 Å². The Morgan fingerprint density at radius 3 is 2.79 bits per heavy atom. The van der Waals surface area contributed by atoms with E-state index < -0.39 is 0 Å². The molecule has 0 aliphatic heterocycles. The molecule has 0 unspecified atom stereocenters. The van der Waals surface area contributed by atoms with Gasteiger partial charge >= 0.3 is 0 Å². The third-order valence-corrected chi connectivity index (χ3v) is 3.86. The first-order valence-electron chi connectivity index (χ1n) is 7.75. The summed E-state index contributed by atoms with van der Waals surface area (Å²) in [4.78, 5) is 4.35. The minimum Gasteiger partial charge on any atom is -0.504 e. The number of rotatable bonds is 7. The second kappa shape index (κ2) is 7.23. The van der Waals surface area contributed by atoms with Crippen LogP contribution in [0.5, 0.6) is 11.5 Å². The molecule has 0 aliphatic carbocycles. The van der Waals surface area contributed by atoms with Gasteiger partial charge in [-0.05, 0) is 36.2 Å². The van der Waals surface area contributed by atoms with Crippen molar-refractivity contribution in [1.82, 2.24) is 4.98 Å². The SMILES string of the molecule is COc1ccc(C[C@H](CO)CNc2nc3ccccc3o2)cc1O. The zero-order valence-corrected chi connectivity index (χ0v) is 13.4. The molecule has 3 N–H and O–H groups in total. The van der Waals surface area contributed by atoms with Gasteiger partial charge in [0.15, 0.2) is 17.1 Å². The molecule has 1 aromatic heterocycles. The van der Waals surface area contributed by atoms with Crippen LogP contribution in [0.4, 0.5) is 6.01 Å². The van der Waals surface area contributed by atoms with Gasteiger partial charge in [-0.2, -0.15) is 4.98 Å². The molecule has 1 atom stereocenters. The van der Waals surface area contributed by atoms with E-state index in [4.69, 9.17) is 9.15 Å². The molecule has 0 radical (unpaired) electrons. The minimum atomic E-state index is -0.0344. The topological polar surface area (TPSA) is 87.8 Å². The van der Waals surface area contributed by atoms with Crippen molar-refractivity contribution in [2.75, 3.05) is 25.6 Å². The van der Waals surface area contributed by atoms with Gasteiger partial charge in [-0.15, -0.1) is 0 Å². The van der Waals surface area contributed by atoms with Crippen molar-refractivity contribution in [2.45, 2.75) is 6.42 Å². The van der Waals surface area contributed by atoms with Crippen LogP contribution >= 0.6 is 0 Å². The molecule has 0 saturated carbocycles. The minimum absolute atomic E-state index is 0.0139. The van der Waals surface area contributed by atoms with Gasteiger partial charge in [0, 0.05) is 19.1 Å². The molecule has 0 aliphatic rings. The number of aromatic nitrogens is 1. The number of phenols is 1. The first-order valence-corrected chi connectivity index (χ1v) is 7.75. The molecule has 0 fully saturated rings. The summed E-state index contributed by atoms with van der Waals surface area (Å²) < 4.78 is 10.6. The summed E-state index contributed by atoms with van der Waals surface area (Å²) in [5, 5.41) is 22.6. The number of aromatic hydroxyl groups is 1. The summed E-state index contributed by atoms with van der Waals surface area (Å²) >= 11 is 0. The second-order valence-corrected chi connectivity index (χ2v) is 5.63. The summed E-state index contributed by atoms with van der Waals surface area (Å²) in [5.74, 6) is 0.496. The highest BCUT2D eigenvalue weighted by molar-refractivity contribution is 5.74. The van der Waals surface area contributed by atoms with Gasteiger partial charge in [-0.1, -0.05) is 18.2 Å². The van der Waals surface area contributed by atoms with E-state index in [0.717, 1.165) is 16.7 Å². The summed E-state index contributed by atoms with van der Waals surface area (Å²) in [6, 6.07) is 13.2. The second-order valence-electron chi connectivity index (χ2n) is 5.63. The molecule has 2 aromatic carbocycles. The highest BCUT2D eigenvalue weighted by atomic mass is 16.5. The van der Waals surface area contributed by atoms with Gasteiger partial charge in [-0.3, -0.25) is 0 Å². The number of hydrogen-bond donors (Lipinski definition) is 3. The Balaban J connectivity index is 1.63. The van der Waals surface area contributed by atoms with Gasteiger partial charge < -0.3 is 24.7 Å². The maximum Gasteiger partial charge on any atom is 0.295 e. The summed E-state index contributed by atoms with van der Waals surface area (Å²) in [6.07, 6.45) is 0.612. The van der Waals surface area contributed by atoms with Crippen LogP contribution < -0.4 is 10.1 Å². The number of aliphatic hydroxyl groups excluding tert-OH is 1. The molecule has 0 amide bonds. The van der Waals surface area contributed by atoms with E-state index in [1.54, 1.807) is 12.1 Å². The number of methoxy groups -OCH3 is 1. The molecule has 3 rings (SSSR count). The third-order valence-electron chi connectivity index (χ3n) is 3.86. The Morgan fingerprint density at radius 1 is 1.25 bits per heavy atom. The van der Waals surface area contributed by atoms with E-state index >= 15 is 0 Å². The fourth-order valence-electron chi connectivity index (χ4n) is 2.58. The van der Waals surface area contributed by atoms with Crippen molar-refractivity contribution >= 4 is 17.1 Å². The smallest absolute Gasteiger partial charge is 0.295 e. The molecule has 3 aromatic rings. The van der Waals surface area contributed by atoms with E-state index in [1.165, 1.54) is 7.11 Å². The summed E-state index contributed by atoms with van der Waals surface area (Å²) in [5.41, 5.74) is 2.44. The summed E-state index contributed by atoms with van der Waals surface area (Å²) in [7, 11) is 1.51. The molecule has 0 bridgehead atoms. The number of benzene rings is 2. The zero-order chi connectivity index (χ0) is 16.9. The number of ether oxygens (including phenoxy) is 1. The predicted molar refractivity (Wildman–Crippen MR) is 91.4 cm³/mol. The molecule has 1 heterocycles. The highest BCUT2D eigenvalue weighted by Crippen LogP contribution is 2.27. The van der Waals surface area contributed by atoms with Crippen LogP contribution in [0.15, 0.2) is 46.9 Å².